The predicted molar refractivity (Wildman–Crippen MR) is 67.1 cm³/mol. The van der Waals surface area contributed by atoms with Crippen molar-refractivity contribution in [3.8, 4) is 0 Å². The Morgan fingerprint density at radius 3 is 2.67 bits per heavy atom. The van der Waals surface area contributed by atoms with Crippen LogP contribution in [0.2, 0.25) is 0 Å². The lowest BCUT2D eigenvalue weighted by Gasteiger charge is -2.08. The number of aliphatic hydroxyl groups is 1. The van der Waals surface area contributed by atoms with Crippen molar-refractivity contribution in [1.82, 2.24) is 0 Å². The van der Waals surface area contributed by atoms with Gasteiger partial charge in [-0.1, -0.05) is 46.3 Å². The van der Waals surface area contributed by atoms with Crippen LogP contribution < -0.4 is 0 Å². The molecule has 78 valence electrons. The van der Waals surface area contributed by atoms with E-state index >= 15 is 0 Å². The molecular formula is C13H13BrO. The van der Waals surface area contributed by atoms with Gasteiger partial charge in [-0.15, -0.1) is 0 Å². The molecule has 0 aliphatic carbocycles. The Labute approximate surface area is 97.9 Å². The molecule has 2 rings (SSSR count). The minimum absolute atomic E-state index is 0.246. The molecule has 0 saturated heterocycles. The van der Waals surface area contributed by atoms with Crippen LogP contribution in [0.1, 0.15) is 12.0 Å². The maximum absolute atomic E-state index is 8.88. The van der Waals surface area contributed by atoms with Crippen LogP contribution in [-0.2, 0) is 6.42 Å². The Balaban J connectivity index is 2.53. The molecule has 0 bridgehead atoms. The Morgan fingerprint density at radius 1 is 1.07 bits per heavy atom. The number of benzene rings is 2. The second-order valence-electron chi connectivity index (χ2n) is 3.57. The van der Waals surface area contributed by atoms with Gasteiger partial charge in [-0.2, -0.15) is 0 Å². The van der Waals surface area contributed by atoms with Crippen LogP contribution in [0.4, 0.5) is 0 Å². The average molecular weight is 265 g/mol. The molecule has 1 nitrogen and oxygen atoms in total. The van der Waals surface area contributed by atoms with Crippen LogP contribution in [0, 0.1) is 0 Å². The Bertz CT molecular complexity index is 465. The van der Waals surface area contributed by atoms with E-state index in [9.17, 15) is 0 Å². The highest BCUT2D eigenvalue weighted by atomic mass is 79.9. The molecule has 0 fully saturated rings. The van der Waals surface area contributed by atoms with E-state index in [1.807, 2.05) is 6.07 Å². The van der Waals surface area contributed by atoms with Gasteiger partial charge >= 0.3 is 0 Å². The molecule has 2 heteroatoms. The highest BCUT2D eigenvalue weighted by Gasteiger charge is 2.04. The van der Waals surface area contributed by atoms with Gasteiger partial charge in [0.15, 0.2) is 0 Å². The van der Waals surface area contributed by atoms with Crippen molar-refractivity contribution in [1.29, 1.82) is 0 Å². The fourth-order valence-electron chi connectivity index (χ4n) is 1.82. The lowest BCUT2D eigenvalue weighted by Crippen LogP contribution is -1.92. The first-order valence-electron chi connectivity index (χ1n) is 5.10. The molecule has 0 radical (unpaired) electrons. The second kappa shape index (κ2) is 4.77. The van der Waals surface area contributed by atoms with Gasteiger partial charge in [0.05, 0.1) is 0 Å². The largest absolute Gasteiger partial charge is 0.396 e. The highest BCUT2D eigenvalue weighted by Crippen LogP contribution is 2.27. The maximum atomic E-state index is 8.88. The first-order valence-corrected chi connectivity index (χ1v) is 5.89. The van der Waals surface area contributed by atoms with Gasteiger partial charge in [-0.25, -0.2) is 0 Å². The Kier molecular flexibility index (Phi) is 3.39. The van der Waals surface area contributed by atoms with E-state index < -0.39 is 0 Å². The molecular weight excluding hydrogens is 252 g/mol. The summed E-state index contributed by atoms with van der Waals surface area (Å²) in [5.74, 6) is 0. The summed E-state index contributed by atoms with van der Waals surface area (Å²) >= 11 is 3.57. The first kappa shape index (κ1) is 10.7. The molecule has 0 heterocycles. The van der Waals surface area contributed by atoms with E-state index in [2.05, 4.69) is 46.3 Å². The van der Waals surface area contributed by atoms with E-state index in [0.29, 0.717) is 0 Å². The van der Waals surface area contributed by atoms with Gasteiger partial charge in [0.2, 0.25) is 0 Å². The van der Waals surface area contributed by atoms with Gasteiger partial charge < -0.3 is 5.11 Å². The van der Waals surface area contributed by atoms with Gasteiger partial charge in [0.1, 0.15) is 0 Å². The number of aliphatic hydroxyl groups excluding tert-OH is 1. The summed E-state index contributed by atoms with van der Waals surface area (Å²) in [5, 5.41) is 11.4. The minimum Gasteiger partial charge on any atom is -0.396 e. The summed E-state index contributed by atoms with van der Waals surface area (Å²) in [4.78, 5) is 0. The fourth-order valence-corrected chi connectivity index (χ4v) is 2.36. The summed E-state index contributed by atoms with van der Waals surface area (Å²) < 4.78 is 1.13. The molecule has 0 saturated carbocycles. The molecule has 15 heavy (non-hydrogen) atoms. The molecule has 0 unspecified atom stereocenters. The van der Waals surface area contributed by atoms with E-state index in [1.165, 1.54) is 16.3 Å². The van der Waals surface area contributed by atoms with Gasteiger partial charge in [-0.3, -0.25) is 0 Å². The maximum Gasteiger partial charge on any atom is 0.0434 e. The molecule has 0 atom stereocenters. The van der Waals surface area contributed by atoms with Crippen molar-refractivity contribution in [2.24, 2.45) is 0 Å². The number of halogens is 1. The zero-order valence-corrected chi connectivity index (χ0v) is 10.00. The average Bonchev–Trinajstić information content (AvgIpc) is 2.28. The van der Waals surface area contributed by atoms with Crippen molar-refractivity contribution in [3.05, 3.63) is 46.4 Å². The van der Waals surface area contributed by atoms with Crippen LogP contribution in [-0.4, -0.2) is 11.7 Å². The summed E-state index contributed by atoms with van der Waals surface area (Å²) in [6, 6.07) is 12.5. The van der Waals surface area contributed by atoms with Crippen molar-refractivity contribution in [3.63, 3.8) is 0 Å². The van der Waals surface area contributed by atoms with Crippen LogP contribution in [0.5, 0.6) is 0 Å². The SMILES string of the molecule is OCCCc1c(Br)ccc2ccccc12. The van der Waals surface area contributed by atoms with Crippen molar-refractivity contribution >= 4 is 26.7 Å². The van der Waals surface area contributed by atoms with Crippen molar-refractivity contribution in [2.75, 3.05) is 6.61 Å². The Morgan fingerprint density at radius 2 is 1.87 bits per heavy atom. The van der Waals surface area contributed by atoms with Crippen LogP contribution >= 0.6 is 15.9 Å². The lowest BCUT2D eigenvalue weighted by atomic mass is 10.0. The molecule has 0 aromatic heterocycles. The normalized spacial score (nSPS) is 10.8. The first-order chi connectivity index (χ1) is 7.33. The quantitative estimate of drug-likeness (QED) is 0.900. The van der Waals surface area contributed by atoms with Crippen LogP contribution in [0.15, 0.2) is 40.9 Å². The molecule has 2 aromatic rings. The Hall–Kier alpha value is -0.860. The third-order valence-corrected chi connectivity index (χ3v) is 3.31. The van der Waals surface area contributed by atoms with Gasteiger partial charge in [-0.05, 0) is 35.2 Å². The lowest BCUT2D eigenvalue weighted by molar-refractivity contribution is 0.288. The summed E-state index contributed by atoms with van der Waals surface area (Å²) in [5.41, 5.74) is 1.29. The van der Waals surface area contributed by atoms with Gasteiger partial charge in [0.25, 0.3) is 0 Å². The second-order valence-corrected chi connectivity index (χ2v) is 4.43. The molecule has 0 aliphatic heterocycles. The molecule has 0 aliphatic rings. The van der Waals surface area contributed by atoms with E-state index in [1.54, 1.807) is 0 Å². The van der Waals surface area contributed by atoms with E-state index in [-0.39, 0.29) is 6.61 Å². The number of fused-ring (bicyclic) bond motifs is 1. The standard InChI is InChI=1S/C13H13BrO/c14-13-8-7-10-4-1-2-5-11(10)12(13)6-3-9-15/h1-2,4-5,7-8,15H,3,6,9H2. The van der Waals surface area contributed by atoms with E-state index in [0.717, 1.165) is 17.3 Å². The van der Waals surface area contributed by atoms with Crippen molar-refractivity contribution in [2.45, 2.75) is 12.8 Å². The van der Waals surface area contributed by atoms with Crippen LogP contribution in [0.25, 0.3) is 10.8 Å². The summed E-state index contributed by atoms with van der Waals surface area (Å²) in [6.45, 7) is 0.246. The third kappa shape index (κ3) is 2.21. The smallest absolute Gasteiger partial charge is 0.0434 e. The molecule has 0 spiro atoms. The van der Waals surface area contributed by atoms with E-state index in [4.69, 9.17) is 5.11 Å². The topological polar surface area (TPSA) is 20.2 Å². The number of aryl methyl sites for hydroxylation is 1. The predicted octanol–water partition coefficient (Wildman–Crippen LogP) is 3.53. The fraction of sp³-hybridized carbons (Fsp3) is 0.231. The third-order valence-electron chi connectivity index (χ3n) is 2.57. The zero-order valence-electron chi connectivity index (χ0n) is 8.41. The van der Waals surface area contributed by atoms with Gasteiger partial charge in [0, 0.05) is 11.1 Å². The van der Waals surface area contributed by atoms with Crippen LogP contribution in [0.3, 0.4) is 0 Å². The van der Waals surface area contributed by atoms with Crippen molar-refractivity contribution < 1.29 is 5.11 Å². The number of rotatable bonds is 3. The zero-order chi connectivity index (χ0) is 10.7. The monoisotopic (exact) mass is 264 g/mol. The highest BCUT2D eigenvalue weighted by molar-refractivity contribution is 9.10. The number of hydrogen-bond donors (Lipinski definition) is 1. The minimum atomic E-state index is 0.246. The molecule has 1 N–H and O–H groups in total. The molecule has 2 aromatic carbocycles. The number of hydrogen-bond acceptors (Lipinski definition) is 1. The molecule has 0 amide bonds. The summed E-state index contributed by atoms with van der Waals surface area (Å²) in [7, 11) is 0. The summed E-state index contributed by atoms with van der Waals surface area (Å²) in [6.07, 6.45) is 1.73.